The molecule has 0 aliphatic carbocycles. The van der Waals surface area contributed by atoms with E-state index in [2.05, 4.69) is 0 Å². The molecule has 0 aromatic heterocycles. The molecule has 27 heavy (non-hydrogen) atoms. The average molecular weight is 396 g/mol. The summed E-state index contributed by atoms with van der Waals surface area (Å²) in [6, 6.07) is 5.38. The van der Waals surface area contributed by atoms with Gasteiger partial charge in [0.05, 0.1) is 6.61 Å². The molecular weight excluding hydrogens is 370 g/mol. The third-order valence-electron chi connectivity index (χ3n) is 4.62. The first-order chi connectivity index (χ1) is 12.8. The monoisotopic (exact) mass is 395 g/mol. The number of anilines is 1. The number of amides is 3. The summed E-state index contributed by atoms with van der Waals surface area (Å²) >= 11 is 6.15. The number of piperazine rings is 1. The highest BCUT2D eigenvalue weighted by atomic mass is 35.5. The zero-order chi connectivity index (χ0) is 20.0. The molecule has 0 spiro atoms. The van der Waals surface area contributed by atoms with Gasteiger partial charge in [0.25, 0.3) is 0 Å². The Morgan fingerprint density at radius 1 is 1.15 bits per heavy atom. The van der Waals surface area contributed by atoms with Gasteiger partial charge in [-0.3, -0.25) is 9.59 Å². The lowest BCUT2D eigenvalue weighted by Crippen LogP contribution is -2.51. The van der Waals surface area contributed by atoms with Crippen LogP contribution >= 0.6 is 11.6 Å². The lowest BCUT2D eigenvalue weighted by atomic mass is 10.1. The average Bonchev–Trinajstić information content (AvgIpc) is 2.65. The molecule has 1 aliphatic rings. The molecule has 1 aliphatic heterocycles. The lowest BCUT2D eigenvalue weighted by Gasteiger charge is -2.34. The molecule has 8 heteroatoms. The van der Waals surface area contributed by atoms with Crippen LogP contribution in [-0.4, -0.2) is 67.0 Å². The minimum Gasteiger partial charge on any atom is -0.450 e. The van der Waals surface area contributed by atoms with Crippen molar-refractivity contribution in [1.82, 2.24) is 9.80 Å². The van der Waals surface area contributed by atoms with E-state index in [9.17, 15) is 14.4 Å². The number of nitrogens with zero attached hydrogens (tertiary/aromatic N) is 3. The standard InChI is InChI=1S/C19H26ClN3O4/c1-4-27-19(26)22-12-10-21(11-13-22)18(25)8-9-23(15(3)24)17-7-5-6-16(20)14(17)2/h5-7H,4,8-13H2,1-3H3. The van der Waals surface area contributed by atoms with E-state index in [0.29, 0.717) is 37.8 Å². The fourth-order valence-corrected chi connectivity index (χ4v) is 3.22. The number of rotatable bonds is 5. The third kappa shape index (κ3) is 5.35. The van der Waals surface area contributed by atoms with E-state index >= 15 is 0 Å². The van der Waals surface area contributed by atoms with Crippen molar-refractivity contribution in [1.29, 1.82) is 0 Å². The van der Waals surface area contributed by atoms with Crippen molar-refractivity contribution < 1.29 is 19.1 Å². The maximum atomic E-state index is 12.5. The molecule has 1 aromatic carbocycles. The molecule has 1 fully saturated rings. The summed E-state index contributed by atoms with van der Waals surface area (Å²) in [5, 5.41) is 0.583. The Morgan fingerprint density at radius 3 is 2.37 bits per heavy atom. The van der Waals surface area contributed by atoms with Crippen molar-refractivity contribution in [3.05, 3.63) is 28.8 Å². The van der Waals surface area contributed by atoms with Gasteiger partial charge in [0, 0.05) is 56.8 Å². The molecule has 3 amide bonds. The number of carbonyl (C=O) groups excluding carboxylic acids is 3. The van der Waals surface area contributed by atoms with E-state index in [1.807, 2.05) is 13.0 Å². The molecule has 0 saturated carbocycles. The zero-order valence-corrected chi connectivity index (χ0v) is 16.8. The fraction of sp³-hybridized carbons (Fsp3) is 0.526. The van der Waals surface area contributed by atoms with Crippen LogP contribution in [0.3, 0.4) is 0 Å². The summed E-state index contributed by atoms with van der Waals surface area (Å²) in [6.07, 6.45) is -0.130. The Kier molecular flexibility index (Phi) is 7.47. The second-order valence-electron chi connectivity index (χ2n) is 6.37. The summed E-state index contributed by atoms with van der Waals surface area (Å²) in [6.45, 7) is 7.55. The van der Waals surface area contributed by atoms with E-state index in [1.165, 1.54) is 6.92 Å². The van der Waals surface area contributed by atoms with Gasteiger partial charge >= 0.3 is 6.09 Å². The predicted molar refractivity (Wildman–Crippen MR) is 104 cm³/mol. The van der Waals surface area contributed by atoms with Gasteiger partial charge < -0.3 is 19.4 Å². The van der Waals surface area contributed by atoms with Gasteiger partial charge in [0.15, 0.2) is 0 Å². The normalized spacial score (nSPS) is 14.1. The maximum Gasteiger partial charge on any atom is 0.409 e. The highest BCUT2D eigenvalue weighted by molar-refractivity contribution is 6.31. The molecule has 7 nitrogen and oxygen atoms in total. The number of hydrogen-bond donors (Lipinski definition) is 0. The van der Waals surface area contributed by atoms with Gasteiger partial charge in [-0.05, 0) is 31.5 Å². The van der Waals surface area contributed by atoms with E-state index in [0.717, 1.165) is 11.3 Å². The molecule has 0 unspecified atom stereocenters. The van der Waals surface area contributed by atoms with Gasteiger partial charge in [0.1, 0.15) is 0 Å². The predicted octanol–water partition coefficient (Wildman–Crippen LogP) is 2.69. The van der Waals surface area contributed by atoms with Gasteiger partial charge in [-0.15, -0.1) is 0 Å². The van der Waals surface area contributed by atoms with Crippen molar-refractivity contribution in [3.63, 3.8) is 0 Å². The molecule has 0 radical (unpaired) electrons. The molecule has 1 saturated heterocycles. The lowest BCUT2D eigenvalue weighted by molar-refractivity contribution is -0.132. The Balaban J connectivity index is 1.93. The zero-order valence-electron chi connectivity index (χ0n) is 16.0. The van der Waals surface area contributed by atoms with Crippen LogP contribution in [0.25, 0.3) is 0 Å². The molecule has 148 valence electrons. The highest BCUT2D eigenvalue weighted by Gasteiger charge is 2.25. The SMILES string of the molecule is CCOC(=O)N1CCN(C(=O)CCN(C(C)=O)c2cccc(Cl)c2C)CC1. The van der Waals surface area contributed by atoms with Crippen LogP contribution in [0.2, 0.25) is 5.02 Å². The van der Waals surface area contributed by atoms with Crippen LogP contribution in [-0.2, 0) is 14.3 Å². The Morgan fingerprint density at radius 2 is 1.78 bits per heavy atom. The molecule has 2 rings (SSSR count). The van der Waals surface area contributed by atoms with Gasteiger partial charge in [-0.1, -0.05) is 17.7 Å². The van der Waals surface area contributed by atoms with E-state index in [4.69, 9.17) is 16.3 Å². The number of ether oxygens (including phenoxy) is 1. The van der Waals surface area contributed by atoms with Crippen LogP contribution in [0, 0.1) is 6.92 Å². The summed E-state index contributed by atoms with van der Waals surface area (Å²) in [5.41, 5.74) is 1.53. The number of carbonyl (C=O) groups is 3. The highest BCUT2D eigenvalue weighted by Crippen LogP contribution is 2.27. The van der Waals surface area contributed by atoms with Gasteiger partial charge in [-0.2, -0.15) is 0 Å². The third-order valence-corrected chi connectivity index (χ3v) is 5.03. The summed E-state index contributed by atoms with van der Waals surface area (Å²) in [7, 11) is 0. The van der Waals surface area contributed by atoms with Crippen molar-refractivity contribution >= 4 is 35.2 Å². The van der Waals surface area contributed by atoms with Crippen molar-refractivity contribution in [3.8, 4) is 0 Å². The van der Waals surface area contributed by atoms with Gasteiger partial charge in [0.2, 0.25) is 11.8 Å². The Labute approximate surface area is 164 Å². The van der Waals surface area contributed by atoms with Crippen LogP contribution in [0.4, 0.5) is 10.5 Å². The second-order valence-corrected chi connectivity index (χ2v) is 6.78. The summed E-state index contributed by atoms with van der Waals surface area (Å²) < 4.78 is 4.98. The summed E-state index contributed by atoms with van der Waals surface area (Å²) in [4.78, 5) is 41.2. The van der Waals surface area contributed by atoms with Gasteiger partial charge in [-0.25, -0.2) is 4.79 Å². The number of benzene rings is 1. The number of hydrogen-bond acceptors (Lipinski definition) is 4. The molecule has 0 atom stereocenters. The van der Waals surface area contributed by atoms with Crippen LogP contribution in [0.15, 0.2) is 18.2 Å². The van der Waals surface area contributed by atoms with Crippen molar-refractivity contribution in [2.24, 2.45) is 0 Å². The minimum absolute atomic E-state index is 0.0376. The molecule has 1 heterocycles. The molecule has 0 N–H and O–H groups in total. The van der Waals surface area contributed by atoms with E-state index in [1.54, 1.807) is 33.8 Å². The Hall–Kier alpha value is -2.28. The number of halogens is 1. The quantitative estimate of drug-likeness (QED) is 0.768. The Bertz CT molecular complexity index is 702. The smallest absolute Gasteiger partial charge is 0.409 e. The van der Waals surface area contributed by atoms with Crippen LogP contribution in [0.5, 0.6) is 0 Å². The first kappa shape index (κ1) is 21.0. The maximum absolute atomic E-state index is 12.5. The van der Waals surface area contributed by atoms with E-state index < -0.39 is 0 Å². The van der Waals surface area contributed by atoms with Crippen LogP contribution in [0.1, 0.15) is 25.8 Å². The first-order valence-corrected chi connectivity index (χ1v) is 9.45. The molecule has 1 aromatic rings. The minimum atomic E-state index is -0.344. The van der Waals surface area contributed by atoms with Crippen LogP contribution < -0.4 is 4.90 Å². The fourth-order valence-electron chi connectivity index (χ4n) is 3.05. The summed E-state index contributed by atoms with van der Waals surface area (Å²) in [5.74, 6) is -0.176. The van der Waals surface area contributed by atoms with Crippen molar-refractivity contribution in [2.75, 3.05) is 44.2 Å². The second kappa shape index (κ2) is 9.60. The van der Waals surface area contributed by atoms with E-state index in [-0.39, 0.29) is 30.9 Å². The molecular formula is C19H26ClN3O4. The topological polar surface area (TPSA) is 70.2 Å². The van der Waals surface area contributed by atoms with Crippen molar-refractivity contribution in [2.45, 2.75) is 27.2 Å². The first-order valence-electron chi connectivity index (χ1n) is 9.07. The molecule has 0 bridgehead atoms. The largest absolute Gasteiger partial charge is 0.450 e.